The van der Waals surface area contributed by atoms with Gasteiger partial charge in [-0.25, -0.2) is 9.50 Å². The molecule has 1 aliphatic rings. The molecule has 1 aliphatic heterocycles. The number of hydrogen-bond donors (Lipinski definition) is 1. The lowest BCUT2D eigenvalue weighted by Gasteiger charge is -2.29. The number of fused-ring (bicyclic) bond motifs is 2. The summed E-state index contributed by atoms with van der Waals surface area (Å²) in [6.07, 6.45) is 5.47. The number of amides is 1. The average molecular weight is 560 g/mol. The first-order valence-corrected chi connectivity index (χ1v) is 14.3. The zero-order valence-electron chi connectivity index (χ0n) is 24.2. The van der Waals surface area contributed by atoms with Gasteiger partial charge in [-0.2, -0.15) is 5.10 Å². The number of pyridine rings is 1. The number of carbonyl (C=O) groups is 1. The molecule has 0 aliphatic carbocycles. The van der Waals surface area contributed by atoms with Gasteiger partial charge in [0.15, 0.2) is 5.65 Å². The molecule has 4 heterocycles. The van der Waals surface area contributed by atoms with Gasteiger partial charge in [-0.1, -0.05) is 42.2 Å². The number of aromatic nitrogens is 4. The van der Waals surface area contributed by atoms with Crippen molar-refractivity contribution >= 4 is 22.3 Å². The highest BCUT2D eigenvalue weighted by molar-refractivity contribution is 6.01. The molecule has 1 saturated heterocycles. The van der Waals surface area contributed by atoms with Gasteiger partial charge in [0.05, 0.1) is 29.3 Å². The Morgan fingerprint density at radius 2 is 1.83 bits per heavy atom. The molecule has 0 spiro atoms. The molecule has 5 aromatic rings. The largest absolute Gasteiger partial charge is 0.375 e. The zero-order valence-corrected chi connectivity index (χ0v) is 24.2. The summed E-state index contributed by atoms with van der Waals surface area (Å²) in [4.78, 5) is 32.2. The third-order valence-corrected chi connectivity index (χ3v) is 7.79. The van der Waals surface area contributed by atoms with Gasteiger partial charge < -0.3 is 10.1 Å². The predicted molar refractivity (Wildman–Crippen MR) is 163 cm³/mol. The summed E-state index contributed by atoms with van der Waals surface area (Å²) in [5, 5.41) is 8.85. The Hall–Kier alpha value is -4.74. The van der Waals surface area contributed by atoms with E-state index in [9.17, 15) is 9.59 Å². The lowest BCUT2D eigenvalue weighted by Crippen LogP contribution is -2.32. The van der Waals surface area contributed by atoms with Crippen molar-refractivity contribution in [3.05, 3.63) is 106 Å². The molecule has 42 heavy (non-hydrogen) atoms. The fourth-order valence-electron chi connectivity index (χ4n) is 5.96. The zero-order chi connectivity index (χ0) is 29.4. The van der Waals surface area contributed by atoms with Crippen LogP contribution >= 0.6 is 0 Å². The van der Waals surface area contributed by atoms with Crippen molar-refractivity contribution in [2.75, 3.05) is 0 Å². The summed E-state index contributed by atoms with van der Waals surface area (Å²) >= 11 is 0. The maximum Gasteiger partial charge on any atom is 0.264 e. The third kappa shape index (κ3) is 5.19. The third-order valence-electron chi connectivity index (χ3n) is 7.79. The maximum atomic E-state index is 14.3. The van der Waals surface area contributed by atoms with Crippen molar-refractivity contribution in [1.82, 2.24) is 24.5 Å². The second kappa shape index (κ2) is 11.3. The molecule has 8 nitrogen and oxygen atoms in total. The van der Waals surface area contributed by atoms with Gasteiger partial charge in [0.2, 0.25) is 0 Å². The monoisotopic (exact) mass is 559 g/mol. The number of carbonyl (C=O) groups excluding carboxylic acids is 1. The number of nitrogens with zero attached hydrogens (tertiary/aromatic N) is 4. The van der Waals surface area contributed by atoms with Gasteiger partial charge in [0.1, 0.15) is 5.56 Å². The average Bonchev–Trinajstić information content (AvgIpc) is 3.31. The first-order valence-electron chi connectivity index (χ1n) is 14.3. The highest BCUT2D eigenvalue weighted by atomic mass is 16.5. The van der Waals surface area contributed by atoms with Crippen molar-refractivity contribution in [1.29, 1.82) is 0 Å². The molecule has 6 rings (SSSR count). The Morgan fingerprint density at radius 1 is 1.07 bits per heavy atom. The van der Waals surface area contributed by atoms with E-state index in [1.165, 1.54) is 0 Å². The van der Waals surface area contributed by atoms with Gasteiger partial charge in [0, 0.05) is 35.3 Å². The van der Waals surface area contributed by atoms with Crippen LogP contribution in [0.3, 0.4) is 0 Å². The van der Waals surface area contributed by atoms with Gasteiger partial charge >= 0.3 is 0 Å². The lowest BCUT2D eigenvalue weighted by atomic mass is 9.92. The molecule has 3 aromatic heterocycles. The van der Waals surface area contributed by atoms with Crippen LogP contribution in [0.5, 0.6) is 0 Å². The molecule has 0 bridgehead atoms. The summed E-state index contributed by atoms with van der Waals surface area (Å²) in [6, 6.07) is 18.5. The van der Waals surface area contributed by atoms with Gasteiger partial charge in [0.25, 0.3) is 11.5 Å². The lowest BCUT2D eigenvalue weighted by molar-refractivity contribution is -0.0419. The van der Waals surface area contributed by atoms with Crippen molar-refractivity contribution < 1.29 is 9.53 Å². The first kappa shape index (κ1) is 27.4. The van der Waals surface area contributed by atoms with Crippen LogP contribution in [0, 0.1) is 24.7 Å². The van der Waals surface area contributed by atoms with Crippen LogP contribution in [0.25, 0.3) is 22.1 Å². The van der Waals surface area contributed by atoms with E-state index >= 15 is 0 Å². The Kier molecular flexibility index (Phi) is 7.36. The molecule has 1 fully saturated rings. The van der Waals surface area contributed by atoms with Crippen molar-refractivity contribution in [3.63, 3.8) is 0 Å². The minimum Gasteiger partial charge on any atom is -0.375 e. The minimum absolute atomic E-state index is 0.162. The number of para-hydroxylation sites is 1. The molecule has 0 radical (unpaired) electrons. The molecule has 2 unspecified atom stereocenters. The van der Waals surface area contributed by atoms with Crippen LogP contribution in [-0.2, 0) is 4.74 Å². The van der Waals surface area contributed by atoms with Crippen LogP contribution < -0.4 is 10.9 Å². The molecular weight excluding hydrogens is 526 g/mol. The molecular formula is C34H33N5O3. The van der Waals surface area contributed by atoms with Crippen LogP contribution in [-0.4, -0.2) is 37.3 Å². The van der Waals surface area contributed by atoms with Crippen LogP contribution in [0.2, 0.25) is 0 Å². The van der Waals surface area contributed by atoms with Crippen LogP contribution in [0.4, 0.5) is 0 Å². The SMILES string of the molecule is Cc1nn2cccnc2c1C(=O)N[C@H](C)c1cc2cccc(C#CC3CC(C)OC(C)C3)c2c(=O)n1-c1ccccc1. The van der Waals surface area contributed by atoms with Crippen LogP contribution in [0.15, 0.2) is 77.9 Å². The Labute approximate surface area is 244 Å². The first-order chi connectivity index (χ1) is 20.3. The number of hydrogen-bond acceptors (Lipinski definition) is 5. The summed E-state index contributed by atoms with van der Waals surface area (Å²) in [7, 11) is 0. The molecule has 8 heteroatoms. The number of rotatable bonds is 4. The second-order valence-corrected chi connectivity index (χ2v) is 11.1. The Morgan fingerprint density at radius 3 is 2.60 bits per heavy atom. The van der Waals surface area contributed by atoms with Crippen molar-refractivity contribution in [2.45, 2.75) is 58.8 Å². The fourth-order valence-corrected chi connectivity index (χ4v) is 5.96. The Bertz CT molecular complexity index is 1900. The summed E-state index contributed by atoms with van der Waals surface area (Å²) < 4.78 is 9.15. The smallest absolute Gasteiger partial charge is 0.264 e. The molecule has 2 aromatic carbocycles. The van der Waals surface area contributed by atoms with E-state index in [2.05, 4.69) is 41.1 Å². The highest BCUT2D eigenvalue weighted by Crippen LogP contribution is 2.26. The fraction of sp³-hybridized carbons (Fsp3) is 0.294. The minimum atomic E-state index is -0.507. The number of benzene rings is 2. The maximum absolute atomic E-state index is 14.3. The summed E-state index contributed by atoms with van der Waals surface area (Å²) in [6.45, 7) is 7.82. The second-order valence-electron chi connectivity index (χ2n) is 11.1. The predicted octanol–water partition coefficient (Wildman–Crippen LogP) is 5.39. The normalized spacial score (nSPS) is 19.3. The van der Waals surface area contributed by atoms with Crippen LogP contribution in [0.1, 0.15) is 67.0 Å². The molecule has 1 N–H and O–H groups in total. The van der Waals surface area contributed by atoms with E-state index in [1.54, 1.807) is 34.5 Å². The summed E-state index contributed by atoms with van der Waals surface area (Å²) in [5.74, 6) is 6.67. The van der Waals surface area contributed by atoms with Crippen molar-refractivity contribution in [2.24, 2.45) is 5.92 Å². The van der Waals surface area contributed by atoms with Gasteiger partial charge in [-0.05, 0) is 76.3 Å². The molecule has 1 amide bonds. The highest BCUT2D eigenvalue weighted by Gasteiger charge is 2.25. The summed E-state index contributed by atoms with van der Waals surface area (Å²) in [5.41, 5.74) is 3.36. The topological polar surface area (TPSA) is 90.5 Å². The molecule has 3 atom stereocenters. The van der Waals surface area contributed by atoms with Gasteiger partial charge in [-0.15, -0.1) is 0 Å². The number of ether oxygens (including phenoxy) is 1. The van der Waals surface area contributed by atoms with Gasteiger partial charge in [-0.3, -0.25) is 14.2 Å². The molecule has 0 saturated carbocycles. The van der Waals surface area contributed by atoms with E-state index in [4.69, 9.17) is 4.74 Å². The number of aryl methyl sites for hydroxylation is 1. The van der Waals surface area contributed by atoms with E-state index < -0.39 is 6.04 Å². The quantitative estimate of drug-likeness (QED) is 0.298. The van der Waals surface area contributed by atoms with E-state index in [-0.39, 0.29) is 29.6 Å². The Balaban J connectivity index is 1.43. The van der Waals surface area contributed by atoms with E-state index in [0.717, 1.165) is 18.2 Å². The standard InChI is InChI=1S/C34H33N5O3/c1-21-18-25(19-22(2)42-21)14-15-26-10-8-11-27-20-29(39(34(41)31(26)27)28-12-6-5-7-13-28)23(3)36-33(40)30-24(4)37-38-17-9-16-35-32(30)38/h5-13,16-17,20-23,25H,18-19H2,1-4H3,(H,36,40)/t21?,22?,23-,25?/m1/s1. The van der Waals surface area contributed by atoms with E-state index in [1.807, 2.05) is 61.5 Å². The van der Waals surface area contributed by atoms with E-state index in [0.29, 0.717) is 39.2 Å². The molecule has 212 valence electrons. The van der Waals surface area contributed by atoms with Crippen molar-refractivity contribution in [3.8, 4) is 17.5 Å². The number of nitrogens with one attached hydrogen (secondary N) is 1.